The van der Waals surface area contributed by atoms with Crippen LogP contribution in [0, 0.1) is 0 Å². The molecule has 0 aliphatic heterocycles. The van der Waals surface area contributed by atoms with Crippen molar-refractivity contribution in [2.24, 2.45) is 0 Å². The van der Waals surface area contributed by atoms with Crippen LogP contribution in [0.1, 0.15) is 12.8 Å². The fourth-order valence-corrected chi connectivity index (χ4v) is 11.0. The first-order valence-electron chi connectivity index (χ1n) is 6.98. The number of hydrogen-bond donors (Lipinski definition) is 0. The molecular weight excluding hydrogens is 272 g/mol. The summed E-state index contributed by atoms with van der Waals surface area (Å²) in [7, 11) is -3.14. The Morgan fingerprint density at radius 2 is 1.16 bits per heavy atom. The van der Waals surface area contributed by atoms with Crippen molar-refractivity contribution in [1.82, 2.24) is 0 Å². The minimum Gasteiger partial charge on any atom is -0.502 e. The Morgan fingerprint density at radius 3 is 1.47 bits per heavy atom. The third-order valence-corrected chi connectivity index (χ3v) is 10.4. The second kappa shape index (κ2) is 9.39. The minimum absolute atomic E-state index is 0.748. The summed E-state index contributed by atoms with van der Waals surface area (Å²) >= 11 is 0. The van der Waals surface area contributed by atoms with E-state index in [9.17, 15) is 0 Å². The summed E-state index contributed by atoms with van der Waals surface area (Å²) in [5, 5.41) is 0. The van der Waals surface area contributed by atoms with Crippen LogP contribution in [-0.2, 0) is 13.6 Å². The molecule has 0 aliphatic rings. The Morgan fingerprint density at radius 1 is 0.789 bits per heavy atom. The number of rotatable bonds is 12. The van der Waals surface area contributed by atoms with Gasteiger partial charge in [0.05, 0.1) is 25.7 Å². The van der Waals surface area contributed by atoms with Crippen LogP contribution in [0.2, 0.25) is 38.3 Å². The van der Waals surface area contributed by atoms with Gasteiger partial charge in [0.25, 0.3) is 0 Å². The Balaban J connectivity index is 3.99. The van der Waals surface area contributed by atoms with Gasteiger partial charge >= 0.3 is 0 Å². The minimum atomic E-state index is -1.57. The zero-order valence-electron chi connectivity index (χ0n) is 13.0. The fourth-order valence-electron chi connectivity index (χ4n) is 2.18. The van der Waals surface area contributed by atoms with E-state index in [4.69, 9.17) is 13.6 Å². The molecule has 0 aromatic heterocycles. The van der Waals surface area contributed by atoms with Gasteiger partial charge in [0.15, 0.2) is 16.6 Å². The third kappa shape index (κ3) is 11.0. The van der Waals surface area contributed by atoms with Gasteiger partial charge in [-0.05, 0) is 51.1 Å². The maximum Gasteiger partial charge on any atom is 0.173 e. The van der Waals surface area contributed by atoms with E-state index < -0.39 is 16.6 Å². The van der Waals surface area contributed by atoms with Crippen LogP contribution in [0.4, 0.5) is 0 Å². The molecular formula is C14H30O3Si2. The van der Waals surface area contributed by atoms with Crippen LogP contribution < -0.4 is 0 Å². The van der Waals surface area contributed by atoms with Crippen LogP contribution in [0.15, 0.2) is 25.7 Å². The number of hydrogen-bond acceptors (Lipinski definition) is 3. The van der Waals surface area contributed by atoms with E-state index in [1.54, 1.807) is 0 Å². The molecule has 0 fully saturated rings. The van der Waals surface area contributed by atoms with Gasteiger partial charge in [0.1, 0.15) is 0 Å². The van der Waals surface area contributed by atoms with Crippen molar-refractivity contribution in [3.63, 3.8) is 0 Å². The molecule has 0 bridgehead atoms. The van der Waals surface area contributed by atoms with E-state index in [-0.39, 0.29) is 0 Å². The van der Waals surface area contributed by atoms with Crippen molar-refractivity contribution in [3.8, 4) is 0 Å². The first-order valence-corrected chi connectivity index (χ1v) is 13.2. The predicted octanol–water partition coefficient (Wildman–Crippen LogP) is 4.51. The lowest BCUT2D eigenvalue weighted by molar-refractivity contribution is 0.248. The van der Waals surface area contributed by atoms with Gasteiger partial charge in [0.2, 0.25) is 0 Å². The van der Waals surface area contributed by atoms with E-state index >= 15 is 0 Å². The normalized spacial score (nSPS) is 12.0. The highest BCUT2D eigenvalue weighted by Crippen LogP contribution is 2.23. The monoisotopic (exact) mass is 302 g/mol. The van der Waals surface area contributed by atoms with Crippen molar-refractivity contribution >= 4 is 16.6 Å². The van der Waals surface area contributed by atoms with E-state index in [2.05, 4.69) is 39.3 Å². The van der Waals surface area contributed by atoms with Gasteiger partial charge in [-0.1, -0.05) is 13.2 Å². The summed E-state index contributed by atoms with van der Waals surface area (Å²) in [6, 6.07) is 2.28. The van der Waals surface area contributed by atoms with Gasteiger partial charge in [-0.15, -0.1) is 0 Å². The molecule has 0 saturated heterocycles. The summed E-state index contributed by atoms with van der Waals surface area (Å²) in [5.74, 6) is 0. The quantitative estimate of drug-likeness (QED) is 0.301. The maximum absolute atomic E-state index is 6.50. The van der Waals surface area contributed by atoms with E-state index in [1.165, 1.54) is 12.5 Å². The van der Waals surface area contributed by atoms with Gasteiger partial charge < -0.3 is 13.6 Å². The van der Waals surface area contributed by atoms with Crippen LogP contribution in [0.25, 0.3) is 0 Å². The average molecular weight is 303 g/mol. The highest BCUT2D eigenvalue weighted by Gasteiger charge is 2.32. The maximum atomic E-state index is 6.50. The summed E-state index contributed by atoms with van der Waals surface area (Å²) in [6.07, 6.45) is 5.12. The van der Waals surface area contributed by atoms with E-state index in [0.29, 0.717) is 0 Å². The molecule has 0 atom stereocenters. The standard InChI is InChI=1S/C14H30O3Si2/c1-7-15-11-9-13-18(3,4)17-19(5,6)14-10-12-16-8-2/h7-8H,1-2,9-14H2,3-6H3. The molecule has 5 heteroatoms. The molecule has 0 heterocycles. The Hall–Kier alpha value is -0.526. The molecule has 0 amide bonds. The fraction of sp³-hybridized carbons (Fsp3) is 0.714. The van der Waals surface area contributed by atoms with Gasteiger partial charge in [0, 0.05) is 0 Å². The van der Waals surface area contributed by atoms with Crippen molar-refractivity contribution in [2.75, 3.05) is 13.2 Å². The molecule has 3 nitrogen and oxygen atoms in total. The highest BCUT2D eigenvalue weighted by molar-refractivity contribution is 6.84. The third-order valence-electron chi connectivity index (χ3n) is 2.87. The van der Waals surface area contributed by atoms with Crippen molar-refractivity contribution in [1.29, 1.82) is 0 Å². The second-order valence-corrected chi connectivity index (χ2v) is 14.8. The van der Waals surface area contributed by atoms with Crippen LogP contribution >= 0.6 is 0 Å². The SMILES string of the molecule is C=COCCC[Si](C)(C)O[Si](C)(C)CCCOC=C. The topological polar surface area (TPSA) is 27.7 Å². The van der Waals surface area contributed by atoms with Gasteiger partial charge in [-0.3, -0.25) is 0 Å². The Kier molecular flexibility index (Phi) is 9.13. The average Bonchev–Trinajstić information content (AvgIpc) is 2.29. The molecule has 0 saturated carbocycles. The smallest absolute Gasteiger partial charge is 0.173 e. The Bertz CT molecular complexity index is 239. The lowest BCUT2D eigenvalue weighted by Crippen LogP contribution is -2.44. The summed E-state index contributed by atoms with van der Waals surface area (Å²) in [4.78, 5) is 0. The van der Waals surface area contributed by atoms with E-state index in [0.717, 1.165) is 38.1 Å². The second-order valence-electron chi connectivity index (χ2n) is 5.90. The molecule has 0 N–H and O–H groups in total. The Labute approximate surface area is 120 Å². The molecule has 0 radical (unpaired) electrons. The van der Waals surface area contributed by atoms with Crippen LogP contribution in [-0.4, -0.2) is 29.8 Å². The molecule has 0 aromatic carbocycles. The highest BCUT2D eigenvalue weighted by atomic mass is 28.4. The zero-order chi connectivity index (χ0) is 14.8. The molecule has 0 rings (SSSR count). The lowest BCUT2D eigenvalue weighted by atomic mass is 10.5. The first kappa shape index (κ1) is 18.5. The summed E-state index contributed by atoms with van der Waals surface area (Å²) in [5.41, 5.74) is 0. The van der Waals surface area contributed by atoms with Gasteiger partial charge in [-0.25, -0.2) is 0 Å². The summed E-state index contributed by atoms with van der Waals surface area (Å²) in [6.45, 7) is 17.8. The molecule has 0 unspecified atom stereocenters. The van der Waals surface area contributed by atoms with Crippen LogP contribution in [0.3, 0.4) is 0 Å². The molecule has 0 aliphatic carbocycles. The lowest BCUT2D eigenvalue weighted by Gasteiger charge is -2.34. The van der Waals surface area contributed by atoms with Crippen molar-refractivity contribution in [3.05, 3.63) is 25.7 Å². The van der Waals surface area contributed by atoms with Crippen molar-refractivity contribution in [2.45, 2.75) is 51.1 Å². The van der Waals surface area contributed by atoms with Crippen LogP contribution in [0.5, 0.6) is 0 Å². The van der Waals surface area contributed by atoms with Gasteiger partial charge in [-0.2, -0.15) is 0 Å². The summed E-state index contributed by atoms with van der Waals surface area (Å²) < 4.78 is 16.8. The largest absolute Gasteiger partial charge is 0.502 e. The predicted molar refractivity (Wildman–Crippen MR) is 87.2 cm³/mol. The molecule has 0 spiro atoms. The van der Waals surface area contributed by atoms with E-state index in [1.807, 2.05) is 0 Å². The zero-order valence-corrected chi connectivity index (χ0v) is 15.0. The molecule has 0 aromatic rings. The van der Waals surface area contributed by atoms with Crippen molar-refractivity contribution < 1.29 is 13.6 Å². The molecule has 112 valence electrons. The molecule has 19 heavy (non-hydrogen) atoms. The first-order chi connectivity index (χ1) is 8.83. The number of ether oxygens (including phenoxy) is 2.